The van der Waals surface area contributed by atoms with Crippen LogP contribution in [-0.2, 0) is 17.8 Å². The minimum absolute atomic E-state index is 0.0833. The fourth-order valence-electron chi connectivity index (χ4n) is 4.34. The number of hydrogen-bond acceptors (Lipinski definition) is 4. The van der Waals surface area contributed by atoms with Crippen molar-refractivity contribution < 1.29 is 9.59 Å². The fraction of sp³-hybridized carbons (Fsp3) is 0.500. The zero-order valence-corrected chi connectivity index (χ0v) is 22.6. The quantitative estimate of drug-likeness (QED) is 0.332. The number of carbonyl (C=O) groups excluding carboxylic acids is 2. The fourth-order valence-corrected chi connectivity index (χ4v) is 4.34. The molecule has 2 aromatic carbocycles. The van der Waals surface area contributed by atoms with Crippen molar-refractivity contribution >= 4 is 22.7 Å². The average molecular weight is 491 g/mol. The number of hydrogen-bond donors (Lipinski definition) is 1. The molecule has 0 unspecified atom stereocenters. The van der Waals surface area contributed by atoms with Crippen LogP contribution in [-0.4, -0.2) is 45.8 Å². The van der Waals surface area contributed by atoms with E-state index < -0.39 is 0 Å². The molecular weight excluding hydrogens is 448 g/mol. The number of nitrogens with zero attached hydrogens (tertiary/aromatic N) is 3. The highest BCUT2D eigenvalue weighted by Gasteiger charge is 2.19. The molecule has 0 aliphatic rings. The molecular formula is C30H42N4O2. The van der Waals surface area contributed by atoms with Gasteiger partial charge in [-0.25, -0.2) is 4.98 Å². The number of nitrogens with two attached hydrogens (primary N) is 1. The van der Waals surface area contributed by atoms with Crippen molar-refractivity contribution in [1.29, 1.82) is 0 Å². The van der Waals surface area contributed by atoms with Crippen molar-refractivity contribution in [3.05, 3.63) is 53.6 Å². The number of rotatable bonds is 13. The first-order valence-electron chi connectivity index (χ1n) is 13.3. The summed E-state index contributed by atoms with van der Waals surface area (Å²) in [6, 6.07) is 13.9. The number of benzene rings is 2. The Balaban J connectivity index is 1.98. The van der Waals surface area contributed by atoms with E-state index in [-0.39, 0.29) is 11.7 Å². The second-order valence-electron chi connectivity index (χ2n) is 10.7. The second kappa shape index (κ2) is 12.8. The predicted octanol–water partition coefficient (Wildman–Crippen LogP) is 5.72. The number of ketones is 1. The van der Waals surface area contributed by atoms with Crippen molar-refractivity contribution in [3.8, 4) is 11.4 Å². The van der Waals surface area contributed by atoms with Crippen LogP contribution in [0.25, 0.3) is 22.4 Å². The Bertz CT molecular complexity index is 1150. The molecule has 2 N–H and O–H groups in total. The molecule has 0 radical (unpaired) electrons. The average Bonchev–Trinajstić information content (AvgIpc) is 3.19. The third-order valence-corrected chi connectivity index (χ3v) is 6.49. The molecule has 0 saturated carbocycles. The number of imidazole rings is 1. The summed E-state index contributed by atoms with van der Waals surface area (Å²) in [6.07, 6.45) is 3.22. The number of Topliss-reactive ketones (excluding diaryl/α,β-unsaturated/α-hetero) is 1. The third kappa shape index (κ3) is 7.26. The van der Waals surface area contributed by atoms with Crippen molar-refractivity contribution in [3.63, 3.8) is 0 Å². The van der Waals surface area contributed by atoms with E-state index in [1.807, 2.05) is 47.4 Å². The molecule has 0 saturated heterocycles. The maximum absolute atomic E-state index is 13.6. The van der Waals surface area contributed by atoms with Crippen LogP contribution in [0.1, 0.15) is 69.8 Å². The van der Waals surface area contributed by atoms with Gasteiger partial charge < -0.3 is 15.2 Å². The first-order chi connectivity index (χ1) is 17.2. The first-order valence-corrected chi connectivity index (χ1v) is 13.3. The summed E-state index contributed by atoms with van der Waals surface area (Å²) in [5, 5.41) is 0. The lowest BCUT2D eigenvalue weighted by Gasteiger charge is -2.24. The van der Waals surface area contributed by atoms with Gasteiger partial charge in [-0.15, -0.1) is 0 Å². The summed E-state index contributed by atoms with van der Waals surface area (Å²) >= 11 is 0. The molecule has 6 heteroatoms. The highest BCUT2D eigenvalue weighted by Crippen LogP contribution is 2.27. The van der Waals surface area contributed by atoms with Gasteiger partial charge in [0, 0.05) is 37.2 Å². The molecule has 1 amide bonds. The SMILES string of the molecule is CC(=O)Cc1ccc(-c2nc3ccc(C(=O)N(CCC(C)C)CCC(C)C)cc3n2CCCN)cc1. The number of fused-ring (bicyclic) bond motifs is 1. The Kier molecular flexibility index (Phi) is 9.82. The van der Waals surface area contributed by atoms with Crippen molar-refractivity contribution in [2.45, 2.75) is 66.8 Å². The van der Waals surface area contributed by atoms with E-state index in [0.717, 1.165) is 66.9 Å². The largest absolute Gasteiger partial charge is 0.339 e. The highest BCUT2D eigenvalue weighted by molar-refractivity contribution is 5.98. The van der Waals surface area contributed by atoms with Crippen LogP contribution in [0.5, 0.6) is 0 Å². The topological polar surface area (TPSA) is 81.2 Å². The molecule has 0 bridgehead atoms. The molecule has 0 fully saturated rings. The molecule has 0 atom stereocenters. The van der Waals surface area contributed by atoms with E-state index in [2.05, 4.69) is 32.3 Å². The number of amides is 1. The van der Waals surface area contributed by atoms with Gasteiger partial charge >= 0.3 is 0 Å². The number of carbonyl (C=O) groups is 2. The van der Waals surface area contributed by atoms with E-state index in [1.54, 1.807) is 6.92 Å². The minimum atomic E-state index is 0.0833. The smallest absolute Gasteiger partial charge is 0.253 e. The van der Waals surface area contributed by atoms with Gasteiger partial charge in [0.15, 0.2) is 0 Å². The Morgan fingerprint density at radius 1 is 0.972 bits per heavy atom. The molecule has 0 spiro atoms. The normalized spacial score (nSPS) is 11.6. The second-order valence-corrected chi connectivity index (χ2v) is 10.7. The third-order valence-electron chi connectivity index (χ3n) is 6.49. The van der Waals surface area contributed by atoms with E-state index in [4.69, 9.17) is 10.7 Å². The van der Waals surface area contributed by atoms with Gasteiger partial charge in [-0.3, -0.25) is 9.59 Å². The Morgan fingerprint density at radius 2 is 1.61 bits per heavy atom. The Labute approximate surface area is 215 Å². The van der Waals surface area contributed by atoms with E-state index in [9.17, 15) is 9.59 Å². The van der Waals surface area contributed by atoms with Crippen LogP contribution in [0, 0.1) is 11.8 Å². The van der Waals surface area contributed by atoms with Gasteiger partial charge in [0.25, 0.3) is 5.91 Å². The van der Waals surface area contributed by atoms with Gasteiger partial charge in [0.05, 0.1) is 11.0 Å². The van der Waals surface area contributed by atoms with E-state index in [1.165, 1.54) is 0 Å². The Morgan fingerprint density at radius 3 is 2.17 bits per heavy atom. The number of aromatic nitrogens is 2. The van der Waals surface area contributed by atoms with Crippen molar-refractivity contribution in [2.75, 3.05) is 19.6 Å². The summed E-state index contributed by atoms with van der Waals surface area (Å²) < 4.78 is 2.17. The predicted molar refractivity (Wildman–Crippen MR) is 148 cm³/mol. The molecule has 1 aromatic heterocycles. The summed E-state index contributed by atoms with van der Waals surface area (Å²) in [4.78, 5) is 32.0. The van der Waals surface area contributed by atoms with Gasteiger partial charge in [0.2, 0.25) is 0 Å². The summed E-state index contributed by atoms with van der Waals surface area (Å²) in [7, 11) is 0. The molecule has 194 valence electrons. The van der Waals surface area contributed by atoms with Crippen LogP contribution in [0.4, 0.5) is 0 Å². The monoisotopic (exact) mass is 490 g/mol. The van der Waals surface area contributed by atoms with Gasteiger partial charge in [-0.2, -0.15) is 0 Å². The zero-order valence-electron chi connectivity index (χ0n) is 22.6. The minimum Gasteiger partial charge on any atom is -0.339 e. The molecule has 0 aliphatic heterocycles. The standard InChI is InChI=1S/C30H42N4O2/c1-21(2)13-17-33(18-14-22(3)4)30(36)26-11-12-27-28(20-26)34(16-6-15-31)29(32-27)25-9-7-24(8-10-25)19-23(5)35/h7-12,20-22H,6,13-19,31H2,1-5H3. The van der Waals surface area contributed by atoms with Gasteiger partial charge in [-0.1, -0.05) is 52.0 Å². The molecule has 3 aromatic rings. The first kappa shape index (κ1) is 27.6. The van der Waals surface area contributed by atoms with Crippen LogP contribution >= 0.6 is 0 Å². The highest BCUT2D eigenvalue weighted by atomic mass is 16.2. The van der Waals surface area contributed by atoms with Crippen molar-refractivity contribution in [2.24, 2.45) is 17.6 Å². The molecule has 0 aliphatic carbocycles. The molecule has 1 heterocycles. The van der Waals surface area contributed by atoms with Crippen molar-refractivity contribution in [1.82, 2.24) is 14.5 Å². The number of aryl methyl sites for hydroxylation is 1. The lowest BCUT2D eigenvalue weighted by molar-refractivity contribution is -0.116. The Hall–Kier alpha value is -2.99. The maximum atomic E-state index is 13.6. The lowest BCUT2D eigenvalue weighted by Crippen LogP contribution is -2.34. The van der Waals surface area contributed by atoms with E-state index >= 15 is 0 Å². The molecule has 6 nitrogen and oxygen atoms in total. The van der Waals surface area contributed by atoms with Gasteiger partial charge in [-0.05, 0) is 68.3 Å². The molecule has 36 heavy (non-hydrogen) atoms. The summed E-state index contributed by atoms with van der Waals surface area (Å²) in [5.74, 6) is 2.17. The molecule has 3 rings (SSSR count). The van der Waals surface area contributed by atoms with E-state index in [0.29, 0.717) is 30.4 Å². The maximum Gasteiger partial charge on any atom is 0.253 e. The van der Waals surface area contributed by atoms with Crippen LogP contribution < -0.4 is 5.73 Å². The summed E-state index contributed by atoms with van der Waals surface area (Å²) in [5.41, 5.74) is 10.3. The van der Waals surface area contributed by atoms with Gasteiger partial charge in [0.1, 0.15) is 11.6 Å². The van der Waals surface area contributed by atoms with Crippen LogP contribution in [0.3, 0.4) is 0 Å². The van der Waals surface area contributed by atoms with Crippen LogP contribution in [0.15, 0.2) is 42.5 Å². The lowest BCUT2D eigenvalue weighted by atomic mass is 10.1. The summed E-state index contributed by atoms with van der Waals surface area (Å²) in [6.45, 7) is 13.2. The zero-order chi connectivity index (χ0) is 26.2. The van der Waals surface area contributed by atoms with Crippen LogP contribution in [0.2, 0.25) is 0 Å².